The lowest BCUT2D eigenvalue weighted by Crippen LogP contribution is -2.37. The highest BCUT2D eigenvalue weighted by Gasteiger charge is 2.25. The highest BCUT2D eigenvalue weighted by atomic mass is 35.5. The Balaban J connectivity index is 1.16. The van der Waals surface area contributed by atoms with Crippen molar-refractivity contribution in [2.45, 2.75) is 65.5 Å². The van der Waals surface area contributed by atoms with Gasteiger partial charge < -0.3 is 18.9 Å². The molecule has 0 aliphatic carbocycles. The molecular weight excluding hydrogens is 558 g/mol. The van der Waals surface area contributed by atoms with Gasteiger partial charge in [-0.1, -0.05) is 54.1 Å². The smallest absolute Gasteiger partial charge is 0.309 e. The van der Waals surface area contributed by atoms with Gasteiger partial charge in [-0.05, 0) is 113 Å². The molecule has 5 rings (SSSR count). The molecule has 0 radical (unpaired) electrons. The Morgan fingerprint density at radius 2 is 1.86 bits per heavy atom. The van der Waals surface area contributed by atoms with Gasteiger partial charge in [0.25, 0.3) is 0 Å². The normalized spacial score (nSPS) is 16.3. The molecule has 43 heavy (non-hydrogen) atoms. The summed E-state index contributed by atoms with van der Waals surface area (Å²) in [7, 11) is 0. The summed E-state index contributed by atoms with van der Waals surface area (Å²) in [6.45, 7) is 8.89. The number of ether oxygens (including phenoxy) is 2. The Labute approximate surface area is 261 Å². The predicted molar refractivity (Wildman–Crippen MR) is 174 cm³/mol. The van der Waals surface area contributed by atoms with Gasteiger partial charge >= 0.3 is 5.97 Å². The molecule has 0 amide bonds. The van der Waals surface area contributed by atoms with Crippen LogP contribution in [0.5, 0.6) is 5.75 Å². The summed E-state index contributed by atoms with van der Waals surface area (Å²) in [4.78, 5) is 20.3. The number of halogens is 1. The summed E-state index contributed by atoms with van der Waals surface area (Å²) in [5.74, 6) is 2.23. The molecule has 2 unspecified atom stereocenters. The lowest BCUT2D eigenvalue weighted by Gasteiger charge is -2.33. The van der Waals surface area contributed by atoms with Crippen LogP contribution in [0.25, 0.3) is 11.0 Å². The largest absolute Gasteiger partial charge is 0.486 e. The zero-order valence-corrected chi connectivity index (χ0v) is 26.3. The molecule has 0 N–H and O–H groups in total. The van der Waals surface area contributed by atoms with E-state index in [0.29, 0.717) is 24.2 Å². The molecule has 3 aromatic carbocycles. The van der Waals surface area contributed by atoms with Crippen LogP contribution in [0.1, 0.15) is 56.0 Å². The molecular formula is C36H44ClN3O3. The number of aromatic nitrogens is 2. The molecule has 7 heteroatoms. The van der Waals surface area contributed by atoms with E-state index in [2.05, 4.69) is 46.7 Å². The molecule has 1 fully saturated rings. The van der Waals surface area contributed by atoms with Gasteiger partial charge in [0.1, 0.15) is 18.2 Å². The average Bonchev–Trinajstić information content (AvgIpc) is 3.38. The fourth-order valence-corrected chi connectivity index (χ4v) is 6.43. The van der Waals surface area contributed by atoms with Crippen molar-refractivity contribution in [3.8, 4) is 5.75 Å². The summed E-state index contributed by atoms with van der Waals surface area (Å²) in [5, 5.41) is 0.697. The molecule has 1 aromatic heterocycles. The van der Waals surface area contributed by atoms with Gasteiger partial charge in [-0.25, -0.2) is 4.98 Å². The van der Waals surface area contributed by atoms with E-state index in [4.69, 9.17) is 26.1 Å². The number of carbonyl (C=O) groups is 1. The molecule has 6 nitrogen and oxygen atoms in total. The zero-order valence-electron chi connectivity index (χ0n) is 25.5. The maximum atomic E-state index is 12.8. The number of carbonyl (C=O) groups excluding carboxylic acids is 1. The van der Waals surface area contributed by atoms with Gasteiger partial charge in [0.05, 0.1) is 23.6 Å². The number of esters is 1. The number of para-hydroxylation sites is 1. The number of benzene rings is 3. The quantitative estimate of drug-likeness (QED) is 0.138. The first-order chi connectivity index (χ1) is 21.0. The molecule has 4 aromatic rings. The number of nitrogens with zero attached hydrogens (tertiary/aromatic N) is 3. The Kier molecular flexibility index (Phi) is 11.1. The number of rotatable bonds is 14. The molecule has 0 saturated carbocycles. The van der Waals surface area contributed by atoms with Crippen LogP contribution in [-0.4, -0.2) is 46.7 Å². The fourth-order valence-electron chi connectivity index (χ4n) is 6.30. The third kappa shape index (κ3) is 8.61. The average molecular weight is 602 g/mol. The Morgan fingerprint density at radius 3 is 2.65 bits per heavy atom. The number of likely N-dealkylation sites (tertiary alicyclic amines) is 1. The van der Waals surface area contributed by atoms with Gasteiger partial charge in [-0.3, -0.25) is 4.79 Å². The molecule has 0 spiro atoms. The van der Waals surface area contributed by atoms with Crippen LogP contribution < -0.4 is 4.74 Å². The first kappa shape index (κ1) is 31.1. The number of aryl methyl sites for hydroxylation is 2. The Morgan fingerprint density at radius 1 is 1.05 bits per heavy atom. The molecule has 1 aliphatic heterocycles. The van der Waals surface area contributed by atoms with E-state index in [1.54, 1.807) is 0 Å². The minimum atomic E-state index is -0.103. The van der Waals surface area contributed by atoms with Crippen LogP contribution in [0.4, 0.5) is 0 Å². The highest BCUT2D eigenvalue weighted by Crippen LogP contribution is 2.26. The van der Waals surface area contributed by atoms with Gasteiger partial charge in [-0.2, -0.15) is 0 Å². The lowest BCUT2D eigenvalue weighted by molar-refractivity contribution is -0.148. The summed E-state index contributed by atoms with van der Waals surface area (Å²) >= 11 is 6.05. The van der Waals surface area contributed by atoms with E-state index in [9.17, 15) is 4.79 Å². The van der Waals surface area contributed by atoms with Gasteiger partial charge in [-0.15, -0.1) is 0 Å². The second-order valence-corrected chi connectivity index (χ2v) is 12.2. The molecule has 1 aliphatic rings. The standard InChI is InChI=1S/C36H44ClN3O3/c1-3-42-36(41)30(24-28-11-5-4-6-12-28)20-23-39-21-8-13-29(25-39)14-9-22-40-33-15-7-10-27(2)35(33)38-34(40)26-43-32-18-16-31(37)17-19-32/h4-7,10-12,15-19,29-30H,3,8-9,13-14,20-26H2,1-2H3. The van der Waals surface area contributed by atoms with Gasteiger partial charge in [0, 0.05) is 18.1 Å². The van der Waals surface area contributed by atoms with Gasteiger partial charge in [0.15, 0.2) is 0 Å². The second-order valence-electron chi connectivity index (χ2n) is 11.7. The fraction of sp³-hybridized carbons (Fsp3) is 0.444. The van der Waals surface area contributed by atoms with Crippen molar-refractivity contribution < 1.29 is 14.3 Å². The highest BCUT2D eigenvalue weighted by molar-refractivity contribution is 6.30. The van der Waals surface area contributed by atoms with Crippen LogP contribution in [0, 0.1) is 18.8 Å². The van der Waals surface area contributed by atoms with Crippen molar-refractivity contribution in [3.63, 3.8) is 0 Å². The van der Waals surface area contributed by atoms with Crippen molar-refractivity contribution in [2.75, 3.05) is 26.2 Å². The minimum Gasteiger partial charge on any atom is -0.486 e. The topological polar surface area (TPSA) is 56.6 Å². The first-order valence-electron chi connectivity index (χ1n) is 15.8. The van der Waals surface area contributed by atoms with Crippen molar-refractivity contribution in [2.24, 2.45) is 11.8 Å². The Hall–Kier alpha value is -3.35. The summed E-state index contributed by atoms with van der Waals surface area (Å²) in [6, 6.07) is 24.2. The molecule has 2 heterocycles. The number of fused-ring (bicyclic) bond motifs is 1. The molecule has 0 bridgehead atoms. The monoisotopic (exact) mass is 601 g/mol. The molecule has 2 atom stereocenters. The molecule has 1 saturated heterocycles. The number of imidazole rings is 1. The number of hydrogen-bond donors (Lipinski definition) is 0. The van der Waals surface area contributed by atoms with Crippen LogP contribution in [0.3, 0.4) is 0 Å². The van der Waals surface area contributed by atoms with E-state index >= 15 is 0 Å². The SMILES string of the molecule is CCOC(=O)C(CCN1CCCC(CCCn2c(COc3ccc(Cl)cc3)nc3c(C)cccc32)C1)Cc1ccccc1. The van der Waals surface area contributed by atoms with Crippen LogP contribution in [0.2, 0.25) is 5.02 Å². The van der Waals surface area contributed by atoms with Crippen molar-refractivity contribution >= 4 is 28.6 Å². The van der Waals surface area contributed by atoms with E-state index < -0.39 is 0 Å². The zero-order chi connectivity index (χ0) is 30.0. The van der Waals surface area contributed by atoms with Crippen molar-refractivity contribution in [3.05, 3.63) is 94.8 Å². The summed E-state index contributed by atoms with van der Waals surface area (Å²) in [6.07, 6.45) is 6.30. The van der Waals surface area contributed by atoms with Crippen LogP contribution in [-0.2, 0) is 29.1 Å². The van der Waals surface area contributed by atoms with Gasteiger partial charge in [0.2, 0.25) is 0 Å². The summed E-state index contributed by atoms with van der Waals surface area (Å²) < 4.78 is 13.9. The van der Waals surface area contributed by atoms with Crippen LogP contribution in [0.15, 0.2) is 72.8 Å². The Bertz CT molecular complexity index is 1450. The summed E-state index contributed by atoms with van der Waals surface area (Å²) in [5.41, 5.74) is 4.59. The second kappa shape index (κ2) is 15.4. The van der Waals surface area contributed by atoms with E-state index in [-0.39, 0.29) is 11.9 Å². The van der Waals surface area contributed by atoms with E-state index in [1.165, 1.54) is 35.9 Å². The van der Waals surface area contributed by atoms with Crippen LogP contribution >= 0.6 is 11.6 Å². The van der Waals surface area contributed by atoms with Crippen molar-refractivity contribution in [1.29, 1.82) is 0 Å². The maximum absolute atomic E-state index is 12.8. The van der Waals surface area contributed by atoms with Crippen molar-refractivity contribution in [1.82, 2.24) is 14.5 Å². The van der Waals surface area contributed by atoms with E-state index in [0.717, 1.165) is 62.5 Å². The third-order valence-electron chi connectivity index (χ3n) is 8.58. The predicted octanol–water partition coefficient (Wildman–Crippen LogP) is 7.88. The molecule has 228 valence electrons. The van der Waals surface area contributed by atoms with E-state index in [1.807, 2.05) is 49.4 Å². The minimum absolute atomic E-state index is 0.0708. The maximum Gasteiger partial charge on any atom is 0.309 e. The number of hydrogen-bond acceptors (Lipinski definition) is 5. The number of piperidine rings is 1. The third-order valence-corrected chi connectivity index (χ3v) is 8.83. The first-order valence-corrected chi connectivity index (χ1v) is 16.1. The lowest BCUT2D eigenvalue weighted by atomic mass is 9.92.